The number of sulfonamides is 1. The third-order valence-electron chi connectivity index (χ3n) is 2.45. The molecule has 1 aromatic rings. The maximum atomic E-state index is 11.8. The van der Waals surface area contributed by atoms with Crippen LogP contribution >= 0.6 is 11.8 Å². The van der Waals surface area contributed by atoms with Crippen LogP contribution in [0, 0.1) is 6.92 Å². The molecule has 6 heteroatoms. The molecule has 100 valence electrons. The molecule has 0 saturated carbocycles. The van der Waals surface area contributed by atoms with E-state index in [4.69, 9.17) is 4.74 Å². The molecular weight excluding hydrogens is 270 g/mol. The van der Waals surface area contributed by atoms with Gasteiger partial charge in [-0.1, -0.05) is 18.2 Å². The fraction of sp³-hybridized carbons (Fsp3) is 0.333. The molecule has 0 unspecified atom stereocenters. The number of nitrogens with one attached hydrogen (secondary N) is 1. The average molecular weight is 287 g/mol. The van der Waals surface area contributed by atoms with E-state index in [0.717, 1.165) is 11.1 Å². The van der Waals surface area contributed by atoms with Crippen molar-refractivity contribution in [1.29, 1.82) is 0 Å². The SMILES string of the molecule is CNS(=O)(=O)C(=Cc1cccc(C)c1OC)SC. The van der Waals surface area contributed by atoms with Crippen LogP contribution in [0.1, 0.15) is 11.1 Å². The molecule has 4 nitrogen and oxygen atoms in total. The van der Waals surface area contributed by atoms with Crippen molar-refractivity contribution in [3.8, 4) is 5.75 Å². The van der Waals surface area contributed by atoms with E-state index in [1.807, 2.05) is 25.1 Å². The van der Waals surface area contributed by atoms with Crippen LogP contribution in [0.4, 0.5) is 0 Å². The molecule has 1 aromatic carbocycles. The molecule has 0 saturated heterocycles. The van der Waals surface area contributed by atoms with Gasteiger partial charge in [0.25, 0.3) is 0 Å². The van der Waals surface area contributed by atoms with Crippen LogP contribution in [0.25, 0.3) is 6.08 Å². The predicted octanol–water partition coefficient (Wildman–Crippen LogP) is 2.21. The molecule has 1 rings (SSSR count). The van der Waals surface area contributed by atoms with Crippen molar-refractivity contribution in [3.63, 3.8) is 0 Å². The molecule has 18 heavy (non-hydrogen) atoms. The normalized spacial score (nSPS) is 12.6. The Morgan fingerprint density at radius 2 is 2.11 bits per heavy atom. The van der Waals surface area contributed by atoms with Crippen molar-refractivity contribution < 1.29 is 13.2 Å². The molecule has 1 N–H and O–H groups in total. The molecule has 0 aromatic heterocycles. The van der Waals surface area contributed by atoms with Crippen molar-refractivity contribution in [3.05, 3.63) is 33.6 Å². The summed E-state index contributed by atoms with van der Waals surface area (Å²) in [6.45, 7) is 1.92. The Morgan fingerprint density at radius 1 is 1.44 bits per heavy atom. The number of methoxy groups -OCH3 is 1. The van der Waals surface area contributed by atoms with E-state index >= 15 is 0 Å². The first-order valence-electron chi connectivity index (χ1n) is 5.29. The minimum atomic E-state index is -3.43. The Labute approximate surface area is 112 Å². The standard InChI is InChI=1S/C12H17NO3S2/c1-9-6-5-7-10(12(9)16-3)8-11(17-4)18(14,15)13-2/h5-8,13H,1-4H3. The molecule has 0 heterocycles. The third kappa shape index (κ3) is 3.28. The molecule has 0 spiro atoms. The number of aryl methyl sites for hydroxylation is 1. The van der Waals surface area contributed by atoms with Gasteiger partial charge in [0.05, 0.1) is 7.11 Å². The number of rotatable bonds is 5. The van der Waals surface area contributed by atoms with Crippen LogP contribution in [-0.4, -0.2) is 28.8 Å². The topological polar surface area (TPSA) is 55.4 Å². The van der Waals surface area contributed by atoms with Gasteiger partial charge in [0.15, 0.2) is 0 Å². The Morgan fingerprint density at radius 3 is 2.61 bits per heavy atom. The van der Waals surface area contributed by atoms with Crippen molar-refractivity contribution in [2.75, 3.05) is 20.4 Å². The first-order valence-corrected chi connectivity index (χ1v) is 8.00. The van der Waals surface area contributed by atoms with E-state index in [2.05, 4.69) is 4.72 Å². The fourth-order valence-electron chi connectivity index (χ4n) is 1.54. The highest BCUT2D eigenvalue weighted by molar-refractivity contribution is 8.17. The zero-order valence-electron chi connectivity index (χ0n) is 10.9. The monoisotopic (exact) mass is 287 g/mol. The van der Waals surface area contributed by atoms with Gasteiger partial charge >= 0.3 is 0 Å². The smallest absolute Gasteiger partial charge is 0.246 e. The van der Waals surface area contributed by atoms with Gasteiger partial charge in [0.2, 0.25) is 10.0 Å². The summed E-state index contributed by atoms with van der Waals surface area (Å²) in [6, 6.07) is 5.61. The number of para-hydroxylation sites is 1. The summed E-state index contributed by atoms with van der Waals surface area (Å²) in [5.41, 5.74) is 1.72. The van der Waals surface area contributed by atoms with E-state index in [1.165, 1.54) is 18.8 Å². The molecule has 0 aliphatic rings. The van der Waals surface area contributed by atoms with Crippen molar-refractivity contribution >= 4 is 27.9 Å². The second-order valence-electron chi connectivity index (χ2n) is 3.57. The number of ether oxygens (including phenoxy) is 1. The molecule has 0 atom stereocenters. The van der Waals surface area contributed by atoms with E-state index in [0.29, 0.717) is 5.75 Å². The largest absolute Gasteiger partial charge is 0.496 e. The highest BCUT2D eigenvalue weighted by atomic mass is 32.3. The molecule has 0 fully saturated rings. The zero-order chi connectivity index (χ0) is 13.8. The summed E-state index contributed by atoms with van der Waals surface area (Å²) < 4.78 is 31.4. The summed E-state index contributed by atoms with van der Waals surface area (Å²) in [7, 11) is -0.458. The maximum Gasteiger partial charge on any atom is 0.246 e. The lowest BCUT2D eigenvalue weighted by atomic mass is 10.1. The lowest BCUT2D eigenvalue weighted by molar-refractivity contribution is 0.411. The Hall–Kier alpha value is -0.980. The molecule has 0 bridgehead atoms. The van der Waals surface area contributed by atoms with E-state index < -0.39 is 10.0 Å². The minimum Gasteiger partial charge on any atom is -0.496 e. The molecule has 0 amide bonds. The first kappa shape index (κ1) is 15.1. The van der Waals surface area contributed by atoms with E-state index in [1.54, 1.807) is 19.4 Å². The highest BCUT2D eigenvalue weighted by Gasteiger charge is 2.15. The lowest BCUT2D eigenvalue weighted by Gasteiger charge is -2.10. The van der Waals surface area contributed by atoms with Crippen LogP contribution in [0.3, 0.4) is 0 Å². The molecular formula is C12H17NO3S2. The summed E-state index contributed by atoms with van der Waals surface area (Å²) in [4.78, 5) is 0. The number of hydrogen-bond acceptors (Lipinski definition) is 4. The zero-order valence-corrected chi connectivity index (χ0v) is 12.5. The Kier molecular flexibility index (Phi) is 5.25. The van der Waals surface area contributed by atoms with Crippen LogP contribution < -0.4 is 9.46 Å². The summed E-state index contributed by atoms with van der Waals surface area (Å²) in [6.07, 6.45) is 3.34. The van der Waals surface area contributed by atoms with E-state index in [-0.39, 0.29) is 4.24 Å². The van der Waals surface area contributed by atoms with Crippen LogP contribution in [0.15, 0.2) is 22.4 Å². The summed E-state index contributed by atoms with van der Waals surface area (Å²) >= 11 is 1.18. The molecule has 0 aliphatic heterocycles. The van der Waals surface area contributed by atoms with Crippen LogP contribution in [0.2, 0.25) is 0 Å². The Balaban J connectivity index is 3.35. The van der Waals surface area contributed by atoms with Gasteiger partial charge in [-0.2, -0.15) is 0 Å². The second kappa shape index (κ2) is 6.26. The molecule has 0 aliphatic carbocycles. The van der Waals surface area contributed by atoms with Gasteiger partial charge in [-0.3, -0.25) is 0 Å². The number of benzene rings is 1. The van der Waals surface area contributed by atoms with Crippen molar-refractivity contribution in [2.45, 2.75) is 6.92 Å². The highest BCUT2D eigenvalue weighted by Crippen LogP contribution is 2.29. The summed E-state index contributed by atoms with van der Waals surface area (Å²) in [5.74, 6) is 0.690. The number of thioether (sulfide) groups is 1. The van der Waals surface area contributed by atoms with E-state index in [9.17, 15) is 8.42 Å². The number of hydrogen-bond donors (Lipinski definition) is 1. The van der Waals surface area contributed by atoms with Gasteiger partial charge in [-0.25, -0.2) is 13.1 Å². The van der Waals surface area contributed by atoms with Crippen molar-refractivity contribution in [2.24, 2.45) is 0 Å². The van der Waals surface area contributed by atoms with Gasteiger partial charge < -0.3 is 4.74 Å². The Bertz CT molecular complexity index is 550. The van der Waals surface area contributed by atoms with Gasteiger partial charge in [-0.05, 0) is 31.9 Å². The second-order valence-corrected chi connectivity index (χ2v) is 6.53. The average Bonchev–Trinajstić information content (AvgIpc) is 2.35. The minimum absolute atomic E-state index is 0.258. The lowest BCUT2D eigenvalue weighted by Crippen LogP contribution is -2.18. The first-order chi connectivity index (χ1) is 8.46. The van der Waals surface area contributed by atoms with Crippen molar-refractivity contribution in [1.82, 2.24) is 4.72 Å². The maximum absolute atomic E-state index is 11.8. The fourth-order valence-corrected chi connectivity index (χ4v) is 3.40. The van der Waals surface area contributed by atoms with Crippen LogP contribution in [-0.2, 0) is 10.0 Å². The quantitative estimate of drug-likeness (QED) is 0.902. The van der Waals surface area contributed by atoms with Gasteiger partial charge in [-0.15, -0.1) is 11.8 Å². The predicted molar refractivity (Wildman–Crippen MR) is 77.2 cm³/mol. The third-order valence-corrected chi connectivity index (χ3v) is 5.32. The van der Waals surface area contributed by atoms with Gasteiger partial charge in [0.1, 0.15) is 9.99 Å². The molecule has 0 radical (unpaired) electrons. The van der Waals surface area contributed by atoms with Gasteiger partial charge in [0, 0.05) is 5.56 Å². The van der Waals surface area contributed by atoms with Crippen LogP contribution in [0.5, 0.6) is 5.75 Å². The summed E-state index contributed by atoms with van der Waals surface area (Å²) in [5, 5.41) is 0.